The number of ketones is 1. The lowest BCUT2D eigenvalue weighted by Crippen LogP contribution is -2.39. The number of aromatic nitrogens is 2. The largest absolute Gasteiger partial charge is 0.353 e. The van der Waals surface area contributed by atoms with Gasteiger partial charge in [0.15, 0.2) is 10.1 Å². The predicted molar refractivity (Wildman–Crippen MR) is 122 cm³/mol. The van der Waals surface area contributed by atoms with E-state index < -0.39 is 10.0 Å². The van der Waals surface area contributed by atoms with Gasteiger partial charge in [0.1, 0.15) is 0 Å². The van der Waals surface area contributed by atoms with Gasteiger partial charge in [-0.2, -0.15) is 4.31 Å². The summed E-state index contributed by atoms with van der Waals surface area (Å²) in [5, 5.41) is 11.8. The van der Waals surface area contributed by atoms with E-state index in [0.29, 0.717) is 29.7 Å². The van der Waals surface area contributed by atoms with Crippen LogP contribution in [0.3, 0.4) is 0 Å². The molecule has 0 spiro atoms. The number of nitrogens with zero attached hydrogens (tertiary/aromatic N) is 3. The SMILES string of the molecule is CCCCSc1nnc(NCC(=O)c2cccc(S(=O)(=O)N3CCCC(C)C3)c2)s1. The van der Waals surface area contributed by atoms with Crippen LogP contribution in [0.25, 0.3) is 0 Å². The van der Waals surface area contributed by atoms with Crippen LogP contribution >= 0.6 is 23.1 Å². The number of rotatable bonds is 10. The molecule has 1 fully saturated rings. The molecule has 0 saturated carbocycles. The Balaban J connectivity index is 1.62. The Labute approximate surface area is 186 Å². The molecule has 1 atom stereocenters. The highest BCUT2D eigenvalue weighted by atomic mass is 32.2. The summed E-state index contributed by atoms with van der Waals surface area (Å²) in [4.78, 5) is 12.8. The van der Waals surface area contributed by atoms with E-state index in [1.165, 1.54) is 21.7 Å². The van der Waals surface area contributed by atoms with Crippen molar-refractivity contribution in [3.05, 3.63) is 29.8 Å². The van der Waals surface area contributed by atoms with Gasteiger partial charge < -0.3 is 5.32 Å². The lowest BCUT2D eigenvalue weighted by atomic mass is 10.0. The summed E-state index contributed by atoms with van der Waals surface area (Å²) < 4.78 is 28.4. The van der Waals surface area contributed by atoms with Crippen LogP contribution in [0, 0.1) is 5.92 Å². The Hall–Kier alpha value is -1.49. The van der Waals surface area contributed by atoms with Gasteiger partial charge in [0.2, 0.25) is 15.2 Å². The molecule has 3 rings (SSSR count). The second kappa shape index (κ2) is 10.7. The average molecular weight is 469 g/mol. The van der Waals surface area contributed by atoms with Crippen molar-refractivity contribution in [3.63, 3.8) is 0 Å². The van der Waals surface area contributed by atoms with Gasteiger partial charge in [0, 0.05) is 24.4 Å². The number of Topliss-reactive ketones (excluding diaryl/α,β-unsaturated/α-hetero) is 1. The van der Waals surface area contributed by atoms with Gasteiger partial charge in [-0.25, -0.2) is 8.42 Å². The zero-order valence-electron chi connectivity index (χ0n) is 17.3. The molecule has 7 nitrogen and oxygen atoms in total. The third-order valence-electron chi connectivity index (χ3n) is 4.94. The first-order chi connectivity index (χ1) is 14.4. The second-order valence-electron chi connectivity index (χ2n) is 7.49. The molecule has 2 heterocycles. The Morgan fingerprint density at radius 1 is 1.37 bits per heavy atom. The van der Waals surface area contributed by atoms with Crippen molar-refractivity contribution in [1.82, 2.24) is 14.5 Å². The number of hydrogen-bond acceptors (Lipinski definition) is 8. The molecule has 1 unspecified atom stereocenters. The second-order valence-corrected chi connectivity index (χ2v) is 11.7. The van der Waals surface area contributed by atoms with Crippen LogP contribution in [0.4, 0.5) is 5.13 Å². The van der Waals surface area contributed by atoms with Crippen molar-refractivity contribution in [2.24, 2.45) is 5.92 Å². The summed E-state index contributed by atoms with van der Waals surface area (Å²) >= 11 is 3.09. The van der Waals surface area contributed by atoms with Gasteiger partial charge in [0.25, 0.3) is 0 Å². The summed E-state index contributed by atoms with van der Waals surface area (Å²) in [7, 11) is -3.59. The van der Waals surface area contributed by atoms with Crippen LogP contribution in [-0.2, 0) is 10.0 Å². The first-order valence-electron chi connectivity index (χ1n) is 10.2. The van der Waals surface area contributed by atoms with Crippen molar-refractivity contribution >= 4 is 44.0 Å². The molecule has 2 aromatic rings. The van der Waals surface area contributed by atoms with E-state index in [2.05, 4.69) is 29.4 Å². The topological polar surface area (TPSA) is 92.3 Å². The van der Waals surface area contributed by atoms with Gasteiger partial charge in [0.05, 0.1) is 11.4 Å². The normalized spacial score (nSPS) is 17.7. The van der Waals surface area contributed by atoms with E-state index in [0.717, 1.165) is 35.8 Å². The molecule has 1 aromatic heterocycles. The number of carbonyl (C=O) groups excluding carboxylic acids is 1. The Morgan fingerprint density at radius 3 is 2.97 bits per heavy atom. The minimum atomic E-state index is -3.59. The maximum atomic E-state index is 13.0. The lowest BCUT2D eigenvalue weighted by Gasteiger charge is -2.30. The van der Waals surface area contributed by atoms with E-state index >= 15 is 0 Å². The van der Waals surface area contributed by atoms with Crippen LogP contribution in [0.15, 0.2) is 33.5 Å². The number of nitrogens with one attached hydrogen (secondary N) is 1. The van der Waals surface area contributed by atoms with E-state index in [-0.39, 0.29) is 17.2 Å². The lowest BCUT2D eigenvalue weighted by molar-refractivity contribution is 0.101. The minimum absolute atomic E-state index is 0.0402. The fourth-order valence-corrected chi connectivity index (χ4v) is 6.79. The monoisotopic (exact) mass is 468 g/mol. The Kier molecular flexibility index (Phi) is 8.27. The average Bonchev–Trinajstić information content (AvgIpc) is 3.20. The number of anilines is 1. The standard InChI is InChI=1S/C20H28N4O3S3/c1-3-4-11-28-20-23-22-19(29-20)21-13-18(25)16-8-5-9-17(12-16)30(26,27)24-10-6-7-15(2)14-24/h5,8-9,12,15H,3-4,6-7,10-11,13-14H2,1-2H3,(H,21,22). The maximum Gasteiger partial charge on any atom is 0.243 e. The summed E-state index contributed by atoms with van der Waals surface area (Å²) in [6, 6.07) is 6.31. The van der Waals surface area contributed by atoms with Crippen molar-refractivity contribution in [2.75, 3.05) is 30.7 Å². The number of unbranched alkanes of at least 4 members (excludes halogenated alkanes) is 1. The van der Waals surface area contributed by atoms with E-state index in [1.54, 1.807) is 30.0 Å². The maximum absolute atomic E-state index is 13.0. The van der Waals surface area contributed by atoms with E-state index in [4.69, 9.17) is 0 Å². The molecule has 1 aliphatic heterocycles. The minimum Gasteiger partial charge on any atom is -0.353 e. The first-order valence-corrected chi connectivity index (χ1v) is 13.5. The third kappa shape index (κ3) is 6.03. The number of thioether (sulfide) groups is 1. The third-order valence-corrected chi connectivity index (χ3v) is 8.91. The molecule has 0 amide bonds. The molecular weight excluding hydrogens is 440 g/mol. The zero-order valence-corrected chi connectivity index (χ0v) is 19.8. The fraction of sp³-hybridized carbons (Fsp3) is 0.550. The molecule has 1 aromatic carbocycles. The Morgan fingerprint density at radius 2 is 2.20 bits per heavy atom. The van der Waals surface area contributed by atoms with Gasteiger partial charge in [-0.05, 0) is 37.3 Å². The highest BCUT2D eigenvalue weighted by Crippen LogP contribution is 2.27. The van der Waals surface area contributed by atoms with Gasteiger partial charge >= 0.3 is 0 Å². The van der Waals surface area contributed by atoms with Gasteiger partial charge in [-0.1, -0.05) is 55.5 Å². The highest BCUT2D eigenvalue weighted by Gasteiger charge is 2.29. The van der Waals surface area contributed by atoms with Crippen molar-refractivity contribution in [1.29, 1.82) is 0 Å². The molecule has 1 saturated heterocycles. The molecule has 30 heavy (non-hydrogen) atoms. The molecule has 0 aliphatic carbocycles. The summed E-state index contributed by atoms with van der Waals surface area (Å²) in [6.07, 6.45) is 4.17. The predicted octanol–water partition coefficient (Wildman–Crippen LogP) is 4.15. The number of benzene rings is 1. The van der Waals surface area contributed by atoms with Crippen LogP contribution in [0.2, 0.25) is 0 Å². The van der Waals surface area contributed by atoms with E-state index in [1.807, 2.05) is 0 Å². The van der Waals surface area contributed by atoms with Crippen molar-refractivity contribution < 1.29 is 13.2 Å². The van der Waals surface area contributed by atoms with Gasteiger partial charge in [-0.3, -0.25) is 4.79 Å². The molecular formula is C20H28N4O3S3. The highest BCUT2D eigenvalue weighted by molar-refractivity contribution is 8.01. The van der Waals surface area contributed by atoms with Gasteiger partial charge in [-0.15, -0.1) is 10.2 Å². The first kappa shape index (κ1) is 23.2. The van der Waals surface area contributed by atoms with Crippen molar-refractivity contribution in [2.45, 2.75) is 48.8 Å². The van der Waals surface area contributed by atoms with Crippen LogP contribution in [-0.4, -0.2) is 54.1 Å². The number of carbonyl (C=O) groups is 1. The smallest absolute Gasteiger partial charge is 0.243 e. The molecule has 10 heteroatoms. The summed E-state index contributed by atoms with van der Waals surface area (Å²) in [6.45, 7) is 5.30. The van der Waals surface area contributed by atoms with E-state index in [9.17, 15) is 13.2 Å². The fourth-order valence-electron chi connectivity index (χ4n) is 3.24. The zero-order chi connectivity index (χ0) is 21.6. The van der Waals surface area contributed by atoms with Crippen molar-refractivity contribution in [3.8, 4) is 0 Å². The quantitative estimate of drug-likeness (QED) is 0.318. The molecule has 1 aliphatic rings. The Bertz CT molecular complexity index is 962. The summed E-state index contributed by atoms with van der Waals surface area (Å²) in [5.74, 6) is 1.16. The number of sulfonamides is 1. The molecule has 0 radical (unpaired) electrons. The molecule has 0 bridgehead atoms. The number of hydrogen-bond donors (Lipinski definition) is 1. The molecule has 164 valence electrons. The number of piperidine rings is 1. The summed E-state index contributed by atoms with van der Waals surface area (Å²) in [5.41, 5.74) is 0.371. The van der Waals surface area contributed by atoms with Crippen LogP contribution < -0.4 is 5.32 Å². The van der Waals surface area contributed by atoms with Crippen LogP contribution in [0.5, 0.6) is 0 Å². The molecule has 1 N–H and O–H groups in total. The van der Waals surface area contributed by atoms with Crippen LogP contribution in [0.1, 0.15) is 49.9 Å².